The normalized spacial score (nSPS) is 33.2. The largest absolute Gasteiger partial charge is 0.746 e. The first kappa shape index (κ1) is 26.1. The van der Waals surface area contributed by atoms with E-state index >= 15 is 0 Å². The van der Waals surface area contributed by atoms with Crippen LogP contribution in [0.15, 0.2) is 0 Å². The van der Waals surface area contributed by atoms with Gasteiger partial charge < -0.3 is 18.9 Å². The van der Waals surface area contributed by atoms with E-state index in [-0.39, 0.29) is 17.9 Å². The number of halogens is 2. The second-order valence-corrected chi connectivity index (χ2v) is 12.1. The molecule has 0 aromatic carbocycles. The zero-order valence-corrected chi connectivity index (χ0v) is 26.8. The number of alkyl halides is 2. The van der Waals surface area contributed by atoms with Crippen molar-refractivity contribution in [2.24, 2.45) is 17.8 Å². The zero-order chi connectivity index (χ0) is 24.3. The van der Waals surface area contributed by atoms with Crippen LogP contribution in [-0.4, -0.2) is 69.7 Å². The van der Waals surface area contributed by atoms with Gasteiger partial charge in [0.25, 0.3) is 11.2 Å². The molecule has 0 aromatic rings. The maximum Gasteiger partial charge on any atom is 0.309 e. The summed E-state index contributed by atoms with van der Waals surface area (Å²) in [5.74, 6) is -4.35. The van der Waals surface area contributed by atoms with Gasteiger partial charge in [0.2, 0.25) is 5.91 Å². The SMILES string of the molecule is CC(C)N1C(=O)C2C3SC(C(OC(=O)C4CCCCC4)C31)C2C(=O)O[CH-]C(F)(F)S(=O)(=O)[O-].[Rf]. The van der Waals surface area contributed by atoms with Crippen molar-refractivity contribution in [2.45, 2.75) is 79.9 Å². The first-order valence-corrected chi connectivity index (χ1v) is 13.3. The van der Waals surface area contributed by atoms with Crippen LogP contribution < -0.4 is 0 Å². The minimum Gasteiger partial charge on any atom is -0.746 e. The molecule has 1 saturated carbocycles. The molecule has 4 rings (SSSR count). The predicted molar refractivity (Wildman–Crippen MR) is 109 cm³/mol. The van der Waals surface area contributed by atoms with Crippen molar-refractivity contribution in [3.05, 3.63) is 6.61 Å². The van der Waals surface area contributed by atoms with E-state index in [1.165, 1.54) is 11.8 Å². The van der Waals surface area contributed by atoms with E-state index in [0.29, 0.717) is 12.8 Å². The van der Waals surface area contributed by atoms with Gasteiger partial charge in [-0.2, -0.15) is 0 Å². The van der Waals surface area contributed by atoms with Crippen molar-refractivity contribution < 1.29 is 45.6 Å². The van der Waals surface area contributed by atoms with Gasteiger partial charge in [0.1, 0.15) is 16.2 Å². The van der Waals surface area contributed by atoms with E-state index in [4.69, 9.17) is 4.74 Å². The van der Waals surface area contributed by atoms with Crippen LogP contribution in [0.25, 0.3) is 0 Å². The Labute approximate surface area is 194 Å². The molecular weight excluding hydrogens is 751 g/mol. The van der Waals surface area contributed by atoms with Crippen LogP contribution in [0.3, 0.4) is 0 Å². The number of carbonyl (C=O) groups excluding carboxylic acids is 3. The van der Waals surface area contributed by atoms with E-state index < -0.39 is 68.4 Å². The number of likely N-dealkylation sites (tertiary alicyclic amines) is 1. The van der Waals surface area contributed by atoms with Gasteiger partial charge >= 0.3 is 5.97 Å². The minimum absolute atomic E-state index is 0. The second-order valence-electron chi connectivity index (χ2n) is 9.25. The van der Waals surface area contributed by atoms with E-state index in [9.17, 15) is 36.1 Å². The molecule has 188 valence electrons. The van der Waals surface area contributed by atoms with E-state index in [1.807, 2.05) is 0 Å². The Bertz CT molecular complexity index is 943. The van der Waals surface area contributed by atoms with E-state index in [1.54, 1.807) is 18.7 Å². The number of rotatable bonds is 7. The molecule has 9 nitrogen and oxygen atoms in total. The van der Waals surface area contributed by atoms with Gasteiger partial charge in [-0.25, -0.2) is 17.2 Å². The molecule has 0 radical (unpaired) electrons. The summed E-state index contributed by atoms with van der Waals surface area (Å²) in [5, 5.41) is -6.01. The number of hydrogen-bond acceptors (Lipinski definition) is 9. The summed E-state index contributed by atoms with van der Waals surface area (Å²) >= 11 is 1.29. The number of nitrogens with zero attached hydrogens (tertiary/aromatic N) is 1. The van der Waals surface area contributed by atoms with Crippen LogP contribution in [0.4, 0.5) is 8.78 Å². The molecular formula is C20H25F2NO8RfS2-2. The molecule has 0 aromatic heterocycles. The van der Waals surface area contributed by atoms with Crippen molar-refractivity contribution in [1.82, 2.24) is 4.90 Å². The molecule has 1 amide bonds. The van der Waals surface area contributed by atoms with Crippen LogP contribution in [0.5, 0.6) is 0 Å². The van der Waals surface area contributed by atoms with Crippen molar-refractivity contribution in [3.8, 4) is 0 Å². The summed E-state index contributed by atoms with van der Waals surface area (Å²) in [5.41, 5.74) is 0. The molecule has 4 aliphatic rings. The number of ether oxygens (including phenoxy) is 2. The molecule has 14 heteroatoms. The van der Waals surface area contributed by atoms with Gasteiger partial charge in [0, 0.05) is 11.3 Å². The fourth-order valence-electron chi connectivity index (χ4n) is 5.49. The van der Waals surface area contributed by atoms with Crippen molar-refractivity contribution in [3.63, 3.8) is 0 Å². The maximum atomic E-state index is 13.5. The Morgan fingerprint density at radius 2 is 1.79 bits per heavy atom. The average molecular weight is 777 g/mol. The molecule has 2 bridgehead atoms. The number of fused-ring (bicyclic) bond motifs is 1. The van der Waals surface area contributed by atoms with Crippen LogP contribution >= 0.6 is 11.8 Å². The standard InChI is InChI=1S/C20H26F2NO8S2.Rf/c1-9(2)23-13-14(31-18(25)10-6-4-3-5-7-10)16-12(11(17(23)24)15(13)32-16)19(26)30-8-20(21,22)33(27,28)29;/h8-16H,3-7H2,1-2H3,(H,27,28,29);/q-1;/p-1. The number of carbonyl (C=O) groups is 3. The van der Waals surface area contributed by atoms with Crippen LogP contribution in [-0.2, 0) is 34.0 Å². The molecule has 1 aliphatic carbocycles. The van der Waals surface area contributed by atoms with Gasteiger partial charge in [0.15, 0.2) is 0 Å². The minimum atomic E-state index is -6.08. The first-order chi connectivity index (χ1) is 15.3. The third-order valence-electron chi connectivity index (χ3n) is 6.93. The summed E-state index contributed by atoms with van der Waals surface area (Å²) in [6.45, 7) is 2.98. The van der Waals surface area contributed by atoms with Crippen LogP contribution in [0, 0.1) is 24.4 Å². The summed E-state index contributed by atoms with van der Waals surface area (Å²) in [4.78, 5) is 40.3. The Balaban J connectivity index is 0.00000324. The van der Waals surface area contributed by atoms with E-state index in [0.717, 1.165) is 19.3 Å². The van der Waals surface area contributed by atoms with E-state index in [2.05, 4.69) is 4.74 Å². The summed E-state index contributed by atoms with van der Waals surface area (Å²) < 4.78 is 69.3. The van der Waals surface area contributed by atoms with Gasteiger partial charge in [-0.15, -0.1) is 11.8 Å². The van der Waals surface area contributed by atoms with Gasteiger partial charge in [-0.05, 0) is 26.7 Å². The summed E-state index contributed by atoms with van der Waals surface area (Å²) in [7, 11) is -6.08. The molecule has 4 fully saturated rings. The van der Waals surface area contributed by atoms with Crippen molar-refractivity contribution >= 4 is 39.7 Å². The van der Waals surface area contributed by atoms with Gasteiger partial charge in [-0.3, -0.25) is 14.4 Å². The molecule has 3 heterocycles. The Hall–Kier alpha value is -2.47. The molecule has 34 heavy (non-hydrogen) atoms. The molecule has 6 unspecified atom stereocenters. The predicted octanol–water partition coefficient (Wildman–Crippen LogP) is 1.67. The topological polar surface area (TPSA) is 130 Å². The Morgan fingerprint density at radius 3 is 2.35 bits per heavy atom. The maximum absolute atomic E-state index is 13.5. The Morgan fingerprint density at radius 1 is 1.18 bits per heavy atom. The number of hydrogen-bond donors (Lipinski definition) is 0. The van der Waals surface area contributed by atoms with Gasteiger partial charge in [0.05, 0.1) is 29.0 Å². The van der Waals surface area contributed by atoms with Gasteiger partial charge in [-0.1, -0.05) is 25.9 Å². The fourth-order valence-corrected chi connectivity index (χ4v) is 7.75. The second kappa shape index (κ2) is 8.95. The first-order valence-electron chi connectivity index (χ1n) is 10.9. The third kappa shape index (κ3) is 4.10. The van der Waals surface area contributed by atoms with Crippen molar-refractivity contribution in [2.75, 3.05) is 0 Å². The average Bonchev–Trinajstić information content (AvgIpc) is 3.34. The molecule has 3 saturated heterocycles. The quantitative estimate of drug-likeness (QED) is 0.216. The summed E-state index contributed by atoms with van der Waals surface area (Å²) in [6, 6.07) is -0.692. The summed E-state index contributed by atoms with van der Waals surface area (Å²) in [6.07, 6.45) is 3.45. The van der Waals surface area contributed by atoms with Crippen LogP contribution in [0.2, 0.25) is 0 Å². The Kier molecular flexibility index (Phi) is 6.88. The van der Waals surface area contributed by atoms with Crippen LogP contribution in [0.1, 0.15) is 46.0 Å². The third-order valence-corrected chi connectivity index (χ3v) is 9.46. The number of thioether (sulfide) groups is 1. The number of esters is 2. The molecule has 0 N–H and O–H groups in total. The molecule has 6 atom stereocenters. The number of amides is 1. The zero-order valence-electron chi connectivity index (χ0n) is 18.7. The fraction of sp³-hybridized carbons (Fsp3) is 0.800. The molecule has 3 aliphatic heterocycles. The smallest absolute Gasteiger partial charge is 0.309 e. The van der Waals surface area contributed by atoms with Crippen molar-refractivity contribution in [1.29, 1.82) is 0 Å². The molecule has 0 spiro atoms. The monoisotopic (exact) mass is 776 g/mol.